The summed E-state index contributed by atoms with van der Waals surface area (Å²) in [5.74, 6) is 0. The zero-order valence-electron chi connectivity index (χ0n) is 8.45. The summed E-state index contributed by atoms with van der Waals surface area (Å²) in [6, 6.07) is 10.0. The van der Waals surface area contributed by atoms with Gasteiger partial charge in [0.25, 0.3) is 0 Å². The number of para-hydroxylation sites is 1. The second kappa shape index (κ2) is 3.24. The Balaban J connectivity index is 1.97. The van der Waals surface area contributed by atoms with Crippen LogP contribution in [0.1, 0.15) is 13.8 Å². The molecule has 0 aliphatic carbocycles. The van der Waals surface area contributed by atoms with Gasteiger partial charge >= 0.3 is 0 Å². The molecule has 0 saturated carbocycles. The summed E-state index contributed by atoms with van der Waals surface area (Å²) in [6.07, 6.45) is 0. The van der Waals surface area contributed by atoms with E-state index in [0.717, 1.165) is 17.3 Å². The maximum Gasteiger partial charge on any atom is 0.174 e. The largest absolute Gasteiger partial charge is 0.340 e. The number of thiocarbonyl (C=S) groups is 1. The molecule has 0 unspecified atom stereocenters. The van der Waals surface area contributed by atoms with Crippen molar-refractivity contribution in [3.05, 3.63) is 30.3 Å². The number of hydrogen-bond acceptors (Lipinski definition) is 1. The van der Waals surface area contributed by atoms with Crippen LogP contribution in [0.15, 0.2) is 30.3 Å². The Morgan fingerprint density at radius 3 is 2.43 bits per heavy atom. The number of nitrogens with one attached hydrogen (secondary N) is 1. The highest BCUT2D eigenvalue weighted by molar-refractivity contribution is 7.80. The van der Waals surface area contributed by atoms with Crippen molar-refractivity contribution in [3.8, 4) is 0 Å². The summed E-state index contributed by atoms with van der Waals surface area (Å²) < 4.78 is 0. The molecule has 1 saturated heterocycles. The molecule has 74 valence electrons. The molecule has 14 heavy (non-hydrogen) atoms. The van der Waals surface area contributed by atoms with Gasteiger partial charge in [-0.2, -0.15) is 0 Å². The fourth-order valence-electron chi connectivity index (χ4n) is 1.41. The molecular formula is C11H14N2S. The fraction of sp³-hybridized carbons (Fsp3) is 0.364. The molecular weight excluding hydrogens is 192 g/mol. The van der Waals surface area contributed by atoms with Crippen molar-refractivity contribution in [2.24, 2.45) is 0 Å². The summed E-state index contributed by atoms with van der Waals surface area (Å²) in [5, 5.41) is 4.04. The van der Waals surface area contributed by atoms with E-state index in [0.29, 0.717) is 0 Å². The van der Waals surface area contributed by atoms with Crippen LogP contribution in [0.25, 0.3) is 0 Å². The summed E-state index contributed by atoms with van der Waals surface area (Å²) in [4.78, 5) is 2.18. The van der Waals surface area contributed by atoms with Gasteiger partial charge in [0.2, 0.25) is 0 Å². The lowest BCUT2D eigenvalue weighted by Gasteiger charge is -2.12. The van der Waals surface area contributed by atoms with Crippen LogP contribution in [0.5, 0.6) is 0 Å². The van der Waals surface area contributed by atoms with Crippen molar-refractivity contribution < 1.29 is 0 Å². The van der Waals surface area contributed by atoms with Gasteiger partial charge in [-0.3, -0.25) is 0 Å². The third-order valence-electron chi connectivity index (χ3n) is 2.44. The van der Waals surface area contributed by atoms with Gasteiger partial charge in [-0.15, -0.1) is 0 Å². The highest BCUT2D eigenvalue weighted by atomic mass is 32.1. The first-order valence-electron chi connectivity index (χ1n) is 4.73. The molecule has 1 heterocycles. The minimum absolute atomic E-state index is 0.249. The third-order valence-corrected chi connectivity index (χ3v) is 2.76. The van der Waals surface area contributed by atoms with Crippen LogP contribution in [0, 0.1) is 0 Å². The number of benzene rings is 1. The zero-order valence-corrected chi connectivity index (χ0v) is 9.27. The second-order valence-corrected chi connectivity index (χ2v) is 4.58. The fourth-order valence-corrected chi connectivity index (χ4v) is 1.84. The Hall–Kier alpha value is -1.09. The lowest BCUT2D eigenvalue weighted by atomic mass is 10.2. The Morgan fingerprint density at radius 2 is 1.93 bits per heavy atom. The quantitative estimate of drug-likeness (QED) is 0.561. The Labute approximate surface area is 89.9 Å². The first-order chi connectivity index (χ1) is 6.59. The monoisotopic (exact) mass is 206 g/mol. The molecule has 1 aromatic carbocycles. The molecule has 0 radical (unpaired) electrons. The number of hydrogen-bond donors (Lipinski definition) is 1. The second-order valence-electron chi connectivity index (χ2n) is 4.19. The molecule has 1 aliphatic heterocycles. The van der Waals surface area contributed by atoms with Crippen LogP contribution in [0.3, 0.4) is 0 Å². The molecule has 3 heteroatoms. The first kappa shape index (κ1) is 9.46. The summed E-state index contributed by atoms with van der Waals surface area (Å²) in [5.41, 5.74) is 1.30. The smallest absolute Gasteiger partial charge is 0.174 e. The standard InChI is InChI=1S/C11H14N2S/c1-11(2)8-13(11)10(14)12-9-6-4-3-5-7-9/h3-7H,8H2,1-2H3,(H,12,14). The predicted molar refractivity (Wildman–Crippen MR) is 63.4 cm³/mol. The minimum Gasteiger partial charge on any atom is -0.340 e. The summed E-state index contributed by atoms with van der Waals surface area (Å²) >= 11 is 5.29. The summed E-state index contributed by atoms with van der Waals surface area (Å²) in [6.45, 7) is 5.42. The zero-order chi connectivity index (χ0) is 10.2. The van der Waals surface area contributed by atoms with Crippen LogP contribution < -0.4 is 5.32 Å². The maximum absolute atomic E-state index is 5.29. The minimum atomic E-state index is 0.249. The number of anilines is 1. The van der Waals surface area contributed by atoms with Gasteiger partial charge in [-0.25, -0.2) is 0 Å². The normalized spacial score (nSPS) is 17.7. The lowest BCUT2D eigenvalue weighted by molar-refractivity contribution is 0.622. The molecule has 2 rings (SSSR count). The van der Waals surface area contributed by atoms with E-state index < -0.39 is 0 Å². The van der Waals surface area contributed by atoms with E-state index in [9.17, 15) is 0 Å². The molecule has 2 nitrogen and oxygen atoms in total. The number of rotatable bonds is 1. The van der Waals surface area contributed by atoms with E-state index in [1.54, 1.807) is 0 Å². The van der Waals surface area contributed by atoms with Gasteiger partial charge in [-0.05, 0) is 38.2 Å². The van der Waals surface area contributed by atoms with Crippen LogP contribution >= 0.6 is 12.2 Å². The Morgan fingerprint density at radius 1 is 1.36 bits per heavy atom. The Kier molecular flexibility index (Phi) is 2.19. The van der Waals surface area contributed by atoms with Crippen molar-refractivity contribution in [2.75, 3.05) is 11.9 Å². The molecule has 0 spiro atoms. The Bertz CT molecular complexity index is 346. The van der Waals surface area contributed by atoms with Crippen molar-refractivity contribution in [1.82, 2.24) is 4.90 Å². The van der Waals surface area contributed by atoms with Crippen LogP contribution in [-0.2, 0) is 0 Å². The molecule has 1 N–H and O–H groups in total. The van der Waals surface area contributed by atoms with Crippen molar-refractivity contribution in [1.29, 1.82) is 0 Å². The van der Waals surface area contributed by atoms with E-state index in [1.807, 2.05) is 30.3 Å². The molecule has 0 atom stereocenters. The van der Waals surface area contributed by atoms with Crippen molar-refractivity contribution >= 4 is 23.0 Å². The SMILES string of the molecule is CC1(C)CN1C(=S)Nc1ccccc1. The van der Waals surface area contributed by atoms with Crippen molar-refractivity contribution in [3.63, 3.8) is 0 Å². The molecule has 1 fully saturated rings. The topological polar surface area (TPSA) is 15.0 Å². The maximum atomic E-state index is 5.29. The molecule has 1 aliphatic rings. The average molecular weight is 206 g/mol. The van der Waals surface area contributed by atoms with E-state index in [2.05, 4.69) is 24.1 Å². The lowest BCUT2D eigenvalue weighted by Crippen LogP contribution is -2.23. The van der Waals surface area contributed by atoms with E-state index in [1.165, 1.54) is 0 Å². The molecule has 0 amide bonds. The summed E-state index contributed by atoms with van der Waals surface area (Å²) in [7, 11) is 0. The van der Waals surface area contributed by atoms with Crippen molar-refractivity contribution in [2.45, 2.75) is 19.4 Å². The van der Waals surface area contributed by atoms with Gasteiger partial charge in [0.15, 0.2) is 5.11 Å². The van der Waals surface area contributed by atoms with Crippen LogP contribution in [0.2, 0.25) is 0 Å². The average Bonchev–Trinajstić information content (AvgIpc) is 2.77. The molecule has 0 aromatic heterocycles. The van der Waals surface area contributed by atoms with Crippen LogP contribution in [0.4, 0.5) is 5.69 Å². The van der Waals surface area contributed by atoms with E-state index >= 15 is 0 Å². The van der Waals surface area contributed by atoms with Gasteiger partial charge in [0.1, 0.15) is 0 Å². The van der Waals surface area contributed by atoms with Crippen LogP contribution in [-0.4, -0.2) is 22.1 Å². The van der Waals surface area contributed by atoms with Gasteiger partial charge < -0.3 is 10.2 Å². The van der Waals surface area contributed by atoms with E-state index in [4.69, 9.17) is 12.2 Å². The highest BCUT2D eigenvalue weighted by Crippen LogP contribution is 2.31. The van der Waals surface area contributed by atoms with Gasteiger partial charge in [0.05, 0.1) is 5.54 Å². The highest BCUT2D eigenvalue weighted by Gasteiger charge is 2.44. The van der Waals surface area contributed by atoms with Gasteiger partial charge in [0, 0.05) is 12.2 Å². The molecule has 1 aromatic rings. The third kappa shape index (κ3) is 1.87. The first-order valence-corrected chi connectivity index (χ1v) is 5.14. The van der Waals surface area contributed by atoms with Gasteiger partial charge in [-0.1, -0.05) is 18.2 Å². The van der Waals surface area contributed by atoms with E-state index in [-0.39, 0.29) is 5.54 Å². The molecule has 0 bridgehead atoms. The predicted octanol–water partition coefficient (Wildman–Crippen LogP) is 2.48. The number of nitrogens with zero attached hydrogens (tertiary/aromatic N) is 1.